The molecule has 0 saturated heterocycles. The Hall–Kier alpha value is -0.770. The van der Waals surface area contributed by atoms with E-state index in [1.165, 1.54) is 12.8 Å². The van der Waals surface area contributed by atoms with Crippen molar-refractivity contribution < 1.29 is 9.84 Å². The molecule has 0 spiro atoms. The molecule has 1 aliphatic rings. The summed E-state index contributed by atoms with van der Waals surface area (Å²) in [6, 6.07) is 4.17. The minimum atomic E-state index is -0.613. The zero-order chi connectivity index (χ0) is 13.3. The first-order valence-electron chi connectivity index (χ1n) is 6.31. The highest BCUT2D eigenvalue weighted by Crippen LogP contribution is 2.34. The molecule has 0 aliphatic heterocycles. The normalized spacial score (nSPS) is 18.5. The first kappa shape index (κ1) is 13.7. The molecule has 2 unspecified atom stereocenters. The highest BCUT2D eigenvalue weighted by Gasteiger charge is 2.28. The molecule has 2 rings (SSSR count). The maximum Gasteiger partial charge on any atom is 0.127 e. The number of aliphatic hydroxyl groups is 1. The molecule has 3 nitrogen and oxygen atoms in total. The van der Waals surface area contributed by atoms with Gasteiger partial charge in [0, 0.05) is 22.7 Å². The van der Waals surface area contributed by atoms with Gasteiger partial charge in [0.1, 0.15) is 5.75 Å². The van der Waals surface area contributed by atoms with Gasteiger partial charge in [-0.25, -0.2) is 0 Å². The van der Waals surface area contributed by atoms with Crippen molar-refractivity contribution in [3.63, 3.8) is 0 Å². The Morgan fingerprint density at radius 3 is 2.67 bits per heavy atom. The van der Waals surface area contributed by atoms with Gasteiger partial charge in [0.15, 0.2) is 0 Å². The molecular weight excluding hydrogens is 250 g/mol. The van der Waals surface area contributed by atoms with Crippen LogP contribution >= 0.6 is 11.6 Å². The van der Waals surface area contributed by atoms with Gasteiger partial charge in [-0.05, 0) is 44.4 Å². The molecule has 2 N–H and O–H groups in total. The Morgan fingerprint density at radius 2 is 2.11 bits per heavy atom. The molecule has 4 heteroatoms. The minimum Gasteiger partial charge on any atom is -0.496 e. The van der Waals surface area contributed by atoms with Crippen molar-refractivity contribution in [2.75, 3.05) is 7.11 Å². The number of hydrogen-bond acceptors (Lipinski definition) is 3. The Morgan fingerprint density at radius 1 is 1.44 bits per heavy atom. The Bertz CT molecular complexity index is 432. The summed E-state index contributed by atoms with van der Waals surface area (Å²) in [4.78, 5) is 0. The van der Waals surface area contributed by atoms with E-state index in [-0.39, 0.29) is 6.04 Å². The van der Waals surface area contributed by atoms with E-state index in [0.717, 1.165) is 16.9 Å². The highest BCUT2D eigenvalue weighted by molar-refractivity contribution is 6.30. The molecule has 1 aliphatic carbocycles. The number of benzene rings is 1. The van der Waals surface area contributed by atoms with Crippen molar-refractivity contribution in [1.82, 2.24) is 5.32 Å². The van der Waals surface area contributed by atoms with E-state index in [1.54, 1.807) is 13.2 Å². The molecule has 0 heterocycles. The van der Waals surface area contributed by atoms with E-state index in [0.29, 0.717) is 11.1 Å². The third-order valence-corrected chi connectivity index (χ3v) is 3.56. The van der Waals surface area contributed by atoms with Crippen molar-refractivity contribution in [1.29, 1.82) is 0 Å². The molecule has 0 radical (unpaired) electrons. The van der Waals surface area contributed by atoms with E-state index in [4.69, 9.17) is 16.3 Å². The number of aryl methyl sites for hydroxylation is 1. The largest absolute Gasteiger partial charge is 0.496 e. The molecule has 1 fully saturated rings. The van der Waals surface area contributed by atoms with Gasteiger partial charge in [-0.3, -0.25) is 0 Å². The van der Waals surface area contributed by atoms with Crippen LogP contribution in [0.1, 0.15) is 37.0 Å². The standard InChI is InChI=1S/C14H20ClNO2/c1-8-6-10(15)7-12(14(8)18-3)13(17)9(2)16-11-4-5-11/h6-7,9,11,13,16-17H,4-5H2,1-3H3. The molecule has 1 aromatic carbocycles. The van der Waals surface area contributed by atoms with Gasteiger partial charge in [0.05, 0.1) is 13.2 Å². The second-order valence-electron chi connectivity index (χ2n) is 5.02. The fourth-order valence-electron chi connectivity index (χ4n) is 2.24. The first-order valence-corrected chi connectivity index (χ1v) is 6.69. The van der Waals surface area contributed by atoms with Gasteiger partial charge in [-0.2, -0.15) is 0 Å². The molecular formula is C14H20ClNO2. The van der Waals surface area contributed by atoms with E-state index in [2.05, 4.69) is 5.32 Å². The molecule has 0 bridgehead atoms. The molecule has 0 aromatic heterocycles. The quantitative estimate of drug-likeness (QED) is 0.864. The number of aliphatic hydroxyl groups excluding tert-OH is 1. The van der Waals surface area contributed by atoms with Crippen molar-refractivity contribution in [3.05, 3.63) is 28.3 Å². The van der Waals surface area contributed by atoms with Gasteiger partial charge in [0.25, 0.3) is 0 Å². The van der Waals surface area contributed by atoms with Crippen LogP contribution in [-0.2, 0) is 0 Å². The van der Waals surface area contributed by atoms with Gasteiger partial charge in [-0.1, -0.05) is 11.6 Å². The Labute approximate surface area is 113 Å². The number of hydrogen-bond donors (Lipinski definition) is 2. The number of halogens is 1. The average Bonchev–Trinajstić information content (AvgIpc) is 3.11. The first-order chi connectivity index (χ1) is 8.52. The summed E-state index contributed by atoms with van der Waals surface area (Å²) < 4.78 is 5.38. The predicted molar refractivity (Wildman–Crippen MR) is 73.3 cm³/mol. The molecule has 2 atom stereocenters. The molecule has 100 valence electrons. The maximum absolute atomic E-state index is 10.4. The van der Waals surface area contributed by atoms with E-state index >= 15 is 0 Å². The monoisotopic (exact) mass is 269 g/mol. The summed E-state index contributed by atoms with van der Waals surface area (Å²) in [6.07, 6.45) is 1.78. The Kier molecular flexibility index (Phi) is 4.15. The minimum absolute atomic E-state index is 0.00994. The molecule has 1 saturated carbocycles. The number of ether oxygens (including phenoxy) is 1. The van der Waals surface area contributed by atoms with Gasteiger partial charge < -0.3 is 15.2 Å². The average molecular weight is 270 g/mol. The van der Waals surface area contributed by atoms with E-state index in [9.17, 15) is 5.11 Å². The summed E-state index contributed by atoms with van der Waals surface area (Å²) in [6.45, 7) is 3.92. The van der Waals surface area contributed by atoms with Gasteiger partial charge in [-0.15, -0.1) is 0 Å². The van der Waals surface area contributed by atoms with Crippen molar-refractivity contribution >= 4 is 11.6 Å². The number of rotatable bonds is 5. The van der Waals surface area contributed by atoms with Crippen LogP contribution in [-0.4, -0.2) is 24.3 Å². The lowest BCUT2D eigenvalue weighted by Crippen LogP contribution is -2.34. The van der Waals surface area contributed by atoms with Gasteiger partial charge >= 0.3 is 0 Å². The summed E-state index contributed by atoms with van der Waals surface area (Å²) in [5.74, 6) is 0.719. The van der Waals surface area contributed by atoms with Crippen LogP contribution in [0.3, 0.4) is 0 Å². The van der Waals surface area contributed by atoms with Crippen LogP contribution in [0, 0.1) is 6.92 Å². The highest BCUT2D eigenvalue weighted by atomic mass is 35.5. The summed E-state index contributed by atoms with van der Waals surface area (Å²) in [5, 5.41) is 14.4. The van der Waals surface area contributed by atoms with E-state index in [1.807, 2.05) is 19.9 Å². The summed E-state index contributed by atoms with van der Waals surface area (Å²) in [7, 11) is 1.62. The van der Waals surface area contributed by atoms with Crippen molar-refractivity contribution in [3.8, 4) is 5.75 Å². The van der Waals surface area contributed by atoms with Crippen molar-refractivity contribution in [2.24, 2.45) is 0 Å². The van der Waals surface area contributed by atoms with Crippen LogP contribution in [0.25, 0.3) is 0 Å². The SMILES string of the molecule is COc1c(C)cc(Cl)cc1C(O)C(C)NC1CC1. The van der Waals surface area contributed by atoms with Crippen LogP contribution in [0.4, 0.5) is 0 Å². The Balaban J connectivity index is 2.24. The van der Waals surface area contributed by atoms with Crippen LogP contribution in [0.5, 0.6) is 5.75 Å². The van der Waals surface area contributed by atoms with Crippen LogP contribution in [0.15, 0.2) is 12.1 Å². The van der Waals surface area contributed by atoms with Crippen molar-refractivity contribution in [2.45, 2.75) is 44.9 Å². The van der Waals surface area contributed by atoms with Gasteiger partial charge in [0.2, 0.25) is 0 Å². The third kappa shape index (κ3) is 2.97. The topological polar surface area (TPSA) is 41.5 Å². The lowest BCUT2D eigenvalue weighted by molar-refractivity contribution is 0.132. The summed E-state index contributed by atoms with van der Waals surface area (Å²) in [5.41, 5.74) is 1.70. The molecule has 0 amide bonds. The molecule has 18 heavy (non-hydrogen) atoms. The lowest BCUT2D eigenvalue weighted by atomic mass is 10.00. The second-order valence-corrected chi connectivity index (χ2v) is 5.46. The maximum atomic E-state index is 10.4. The van der Waals surface area contributed by atoms with Crippen LogP contribution in [0.2, 0.25) is 5.02 Å². The van der Waals surface area contributed by atoms with E-state index < -0.39 is 6.10 Å². The zero-order valence-electron chi connectivity index (χ0n) is 11.0. The zero-order valence-corrected chi connectivity index (χ0v) is 11.8. The smallest absolute Gasteiger partial charge is 0.127 e. The summed E-state index contributed by atoms with van der Waals surface area (Å²) >= 11 is 6.06. The number of nitrogens with one attached hydrogen (secondary N) is 1. The second kappa shape index (κ2) is 5.47. The fourth-order valence-corrected chi connectivity index (χ4v) is 2.52. The fraction of sp³-hybridized carbons (Fsp3) is 0.571. The third-order valence-electron chi connectivity index (χ3n) is 3.34. The lowest BCUT2D eigenvalue weighted by Gasteiger charge is -2.23. The number of methoxy groups -OCH3 is 1. The molecule has 1 aromatic rings. The predicted octanol–water partition coefficient (Wildman–Crippen LogP) is 2.83. The van der Waals surface area contributed by atoms with Crippen LogP contribution < -0.4 is 10.1 Å².